The van der Waals surface area contributed by atoms with E-state index >= 15 is 0 Å². The number of rotatable bonds is 0. The van der Waals surface area contributed by atoms with Crippen LogP contribution < -0.4 is 11.2 Å². The molecule has 1 aromatic rings. The van der Waals surface area contributed by atoms with Crippen molar-refractivity contribution in [2.45, 2.75) is 25.7 Å². The number of halogens is 1. The van der Waals surface area contributed by atoms with Crippen LogP contribution in [-0.2, 0) is 13.5 Å². The van der Waals surface area contributed by atoms with Gasteiger partial charge in [-0.15, -0.1) is 0 Å². The lowest BCUT2D eigenvalue weighted by molar-refractivity contribution is 0.200. The van der Waals surface area contributed by atoms with Gasteiger partial charge < -0.3 is 0 Å². The maximum absolute atomic E-state index is 11.9. The molecule has 1 fully saturated rings. The summed E-state index contributed by atoms with van der Waals surface area (Å²) in [4.78, 5) is 30.3. The number of hydrogen-bond acceptors (Lipinski definition) is 3. The van der Waals surface area contributed by atoms with Gasteiger partial charge in [0.15, 0.2) is 0 Å². The molecule has 18 heavy (non-hydrogen) atoms. The third-order valence-electron chi connectivity index (χ3n) is 3.90. The first-order chi connectivity index (χ1) is 8.54. The van der Waals surface area contributed by atoms with Gasteiger partial charge in [0.05, 0.1) is 10.2 Å². The third kappa shape index (κ3) is 1.88. The van der Waals surface area contributed by atoms with Gasteiger partial charge in [0, 0.05) is 7.05 Å². The second-order valence-corrected chi connectivity index (χ2v) is 6.14. The molecule has 1 aromatic heterocycles. The molecule has 0 radical (unpaired) electrons. The molecule has 2 aliphatic heterocycles. The Kier molecular flexibility index (Phi) is 2.77. The maximum atomic E-state index is 11.9. The standard InChI is InChI=1S/C12H14BrN3O2/c1-16-10-8(11(17)15-12(16)18)4-6-2-7(3-6)5-9(13)14-10/h6-7H,2-5H2,1H3,(H,15,17,18)/b14-9+. The molecular weight excluding hydrogens is 298 g/mol. The van der Waals surface area contributed by atoms with Gasteiger partial charge in [0.1, 0.15) is 5.82 Å². The SMILES string of the molecule is Cn1c2c(c(=O)[nH]c1=O)CC1CC(C/C(Br)=N\2)C1. The molecular formula is C12H14BrN3O2. The molecule has 0 saturated heterocycles. The van der Waals surface area contributed by atoms with Crippen LogP contribution in [0.25, 0.3) is 0 Å². The number of nitrogens with zero attached hydrogens (tertiary/aromatic N) is 2. The molecule has 0 spiro atoms. The van der Waals surface area contributed by atoms with Crippen molar-refractivity contribution in [3.8, 4) is 0 Å². The van der Waals surface area contributed by atoms with E-state index in [1.54, 1.807) is 7.05 Å². The summed E-state index contributed by atoms with van der Waals surface area (Å²) < 4.78 is 2.25. The van der Waals surface area contributed by atoms with Gasteiger partial charge in [0.25, 0.3) is 5.56 Å². The Morgan fingerprint density at radius 1 is 1.28 bits per heavy atom. The summed E-state index contributed by atoms with van der Waals surface area (Å²) in [5.74, 6) is 1.72. The van der Waals surface area contributed by atoms with E-state index in [1.807, 2.05) is 0 Å². The molecule has 5 nitrogen and oxygen atoms in total. The van der Waals surface area contributed by atoms with Crippen LogP contribution in [0, 0.1) is 11.8 Å². The molecule has 0 amide bonds. The van der Waals surface area contributed by atoms with Crippen molar-refractivity contribution in [1.29, 1.82) is 0 Å². The van der Waals surface area contributed by atoms with Gasteiger partial charge in [-0.3, -0.25) is 14.3 Å². The fourth-order valence-electron chi connectivity index (χ4n) is 2.88. The van der Waals surface area contributed by atoms with E-state index in [0.29, 0.717) is 23.2 Å². The first-order valence-corrected chi connectivity index (χ1v) is 6.89. The van der Waals surface area contributed by atoms with Crippen molar-refractivity contribution in [3.63, 3.8) is 0 Å². The predicted octanol–water partition coefficient (Wildman–Crippen LogP) is 1.47. The zero-order chi connectivity index (χ0) is 12.9. The average molecular weight is 312 g/mol. The van der Waals surface area contributed by atoms with Gasteiger partial charge in [0.2, 0.25) is 0 Å². The van der Waals surface area contributed by atoms with E-state index in [2.05, 4.69) is 25.9 Å². The summed E-state index contributed by atoms with van der Waals surface area (Å²) in [5, 5.41) is 0. The second kappa shape index (κ2) is 4.19. The molecule has 3 aliphatic rings. The van der Waals surface area contributed by atoms with Crippen molar-refractivity contribution in [2.75, 3.05) is 0 Å². The summed E-state index contributed by atoms with van der Waals surface area (Å²) >= 11 is 3.45. The number of hydrogen-bond donors (Lipinski definition) is 1. The zero-order valence-corrected chi connectivity index (χ0v) is 11.7. The minimum absolute atomic E-state index is 0.289. The van der Waals surface area contributed by atoms with E-state index in [-0.39, 0.29) is 5.56 Å². The predicted molar refractivity (Wildman–Crippen MR) is 72.9 cm³/mol. The van der Waals surface area contributed by atoms with E-state index in [4.69, 9.17) is 0 Å². The molecule has 0 atom stereocenters. The first kappa shape index (κ1) is 11.9. The van der Waals surface area contributed by atoms with Gasteiger partial charge >= 0.3 is 5.69 Å². The highest BCUT2D eigenvalue weighted by molar-refractivity contribution is 9.18. The highest BCUT2D eigenvalue weighted by Crippen LogP contribution is 2.41. The van der Waals surface area contributed by atoms with E-state index < -0.39 is 5.69 Å². The number of aromatic nitrogens is 2. The largest absolute Gasteiger partial charge is 0.329 e. The van der Waals surface area contributed by atoms with Gasteiger partial charge in [-0.25, -0.2) is 9.79 Å². The molecule has 96 valence electrons. The van der Waals surface area contributed by atoms with Crippen LogP contribution in [0.2, 0.25) is 0 Å². The lowest BCUT2D eigenvalue weighted by atomic mass is 9.71. The smallest absolute Gasteiger partial charge is 0.281 e. The molecule has 1 saturated carbocycles. The van der Waals surface area contributed by atoms with Crippen molar-refractivity contribution in [3.05, 3.63) is 26.4 Å². The van der Waals surface area contributed by atoms with Gasteiger partial charge in [-0.1, -0.05) is 0 Å². The highest BCUT2D eigenvalue weighted by Gasteiger charge is 2.32. The minimum Gasteiger partial charge on any atom is -0.281 e. The summed E-state index contributed by atoms with van der Waals surface area (Å²) in [6.07, 6.45) is 3.91. The van der Waals surface area contributed by atoms with Crippen molar-refractivity contribution in [2.24, 2.45) is 23.9 Å². The Morgan fingerprint density at radius 2 is 1.94 bits per heavy atom. The van der Waals surface area contributed by atoms with Gasteiger partial charge in [-0.05, 0) is 53.4 Å². The lowest BCUT2D eigenvalue weighted by Crippen LogP contribution is -2.33. The third-order valence-corrected chi connectivity index (χ3v) is 4.40. The van der Waals surface area contributed by atoms with E-state index in [9.17, 15) is 9.59 Å². The first-order valence-electron chi connectivity index (χ1n) is 6.10. The summed E-state index contributed by atoms with van der Waals surface area (Å²) in [6, 6.07) is 0. The van der Waals surface area contributed by atoms with Crippen molar-refractivity contribution < 1.29 is 0 Å². The molecule has 1 aliphatic carbocycles. The topological polar surface area (TPSA) is 67.2 Å². The average Bonchev–Trinajstić information content (AvgIpc) is 2.37. The van der Waals surface area contributed by atoms with Crippen LogP contribution >= 0.6 is 15.9 Å². The molecule has 1 N–H and O–H groups in total. The van der Waals surface area contributed by atoms with Crippen LogP contribution in [-0.4, -0.2) is 14.2 Å². The van der Waals surface area contributed by atoms with Crippen molar-refractivity contribution >= 4 is 26.4 Å². The highest BCUT2D eigenvalue weighted by atomic mass is 79.9. The summed E-state index contributed by atoms with van der Waals surface area (Å²) in [5.41, 5.74) is -0.0590. The van der Waals surface area contributed by atoms with E-state index in [0.717, 1.165) is 30.3 Å². The molecule has 0 unspecified atom stereocenters. The van der Waals surface area contributed by atoms with Crippen LogP contribution in [0.4, 0.5) is 5.82 Å². The molecule has 3 heterocycles. The van der Waals surface area contributed by atoms with Crippen molar-refractivity contribution in [1.82, 2.24) is 9.55 Å². The Balaban J connectivity index is 2.24. The number of nitrogens with one attached hydrogen (secondary N) is 1. The number of aliphatic imine (C=N–C) groups is 1. The van der Waals surface area contributed by atoms with Crippen LogP contribution in [0.5, 0.6) is 0 Å². The normalized spacial score (nSPS) is 29.1. The monoisotopic (exact) mass is 311 g/mol. The van der Waals surface area contributed by atoms with Gasteiger partial charge in [-0.2, -0.15) is 0 Å². The fourth-order valence-corrected chi connectivity index (χ4v) is 3.50. The Bertz CT molecular complexity index is 638. The second-order valence-electron chi connectivity index (χ2n) is 5.22. The fraction of sp³-hybridized carbons (Fsp3) is 0.583. The molecule has 2 bridgehead atoms. The number of fused-ring (bicyclic) bond motifs is 1. The quantitative estimate of drug-likeness (QED) is 0.788. The number of aromatic amines is 1. The molecule has 0 aromatic carbocycles. The molecule has 6 heteroatoms. The lowest BCUT2D eigenvalue weighted by Gasteiger charge is -2.34. The van der Waals surface area contributed by atoms with Crippen LogP contribution in [0.1, 0.15) is 24.8 Å². The molecule has 4 rings (SSSR count). The zero-order valence-electron chi connectivity index (χ0n) is 10.1. The van der Waals surface area contributed by atoms with Crippen LogP contribution in [0.15, 0.2) is 14.6 Å². The van der Waals surface area contributed by atoms with E-state index in [1.165, 1.54) is 4.57 Å². The Hall–Kier alpha value is -1.17. The Morgan fingerprint density at radius 3 is 2.67 bits per heavy atom. The van der Waals surface area contributed by atoms with Crippen LogP contribution in [0.3, 0.4) is 0 Å². The minimum atomic E-state index is -0.408. The Labute approximate surface area is 112 Å². The summed E-state index contributed by atoms with van der Waals surface area (Å²) in [7, 11) is 1.64. The number of H-pyrrole nitrogens is 1. The summed E-state index contributed by atoms with van der Waals surface area (Å²) in [6.45, 7) is 0. The maximum Gasteiger partial charge on any atom is 0.329 e.